The predicted molar refractivity (Wildman–Crippen MR) is 80.1 cm³/mol. The summed E-state index contributed by atoms with van der Waals surface area (Å²) in [6.45, 7) is 4.34. The van der Waals surface area contributed by atoms with Crippen molar-refractivity contribution in [1.82, 2.24) is 9.97 Å². The number of nitrogens with one attached hydrogen (secondary N) is 1. The fourth-order valence-electron chi connectivity index (χ4n) is 1.87. The molecule has 0 aliphatic carbocycles. The lowest BCUT2D eigenvalue weighted by molar-refractivity contribution is 0.740. The largest absolute Gasteiger partial charge is 0.356 e. The van der Waals surface area contributed by atoms with E-state index >= 15 is 0 Å². The molecule has 102 valence electrons. The van der Waals surface area contributed by atoms with Crippen molar-refractivity contribution in [3.05, 3.63) is 11.9 Å². The van der Waals surface area contributed by atoms with Gasteiger partial charge in [-0.15, -0.1) is 0 Å². The lowest BCUT2D eigenvalue weighted by Gasteiger charge is -2.27. The zero-order chi connectivity index (χ0) is 13.5. The van der Waals surface area contributed by atoms with Gasteiger partial charge in [-0.05, 0) is 19.6 Å². The number of thioether (sulfide) groups is 1. The molecule has 0 aliphatic heterocycles. The van der Waals surface area contributed by atoms with E-state index in [0.29, 0.717) is 6.04 Å². The molecule has 18 heavy (non-hydrogen) atoms. The molecule has 1 aromatic heterocycles. The molecule has 0 saturated carbocycles. The molecule has 0 aromatic carbocycles. The summed E-state index contributed by atoms with van der Waals surface area (Å²) in [5, 5.41) is 0. The number of rotatable bonds is 7. The van der Waals surface area contributed by atoms with E-state index in [1.54, 1.807) is 6.33 Å². The van der Waals surface area contributed by atoms with Crippen LogP contribution in [-0.2, 0) is 6.42 Å². The van der Waals surface area contributed by atoms with E-state index < -0.39 is 0 Å². The van der Waals surface area contributed by atoms with Crippen LogP contribution in [0.15, 0.2) is 6.33 Å². The van der Waals surface area contributed by atoms with Gasteiger partial charge in [0, 0.05) is 24.4 Å². The van der Waals surface area contributed by atoms with Crippen molar-refractivity contribution in [2.24, 2.45) is 5.84 Å². The van der Waals surface area contributed by atoms with Gasteiger partial charge >= 0.3 is 0 Å². The summed E-state index contributed by atoms with van der Waals surface area (Å²) in [6.07, 6.45) is 5.64. The number of aromatic nitrogens is 2. The van der Waals surface area contributed by atoms with Gasteiger partial charge in [0.1, 0.15) is 18.0 Å². The van der Waals surface area contributed by atoms with Gasteiger partial charge < -0.3 is 10.3 Å². The number of hydrogen-bond donors (Lipinski definition) is 2. The van der Waals surface area contributed by atoms with Crippen LogP contribution in [-0.4, -0.2) is 35.1 Å². The van der Waals surface area contributed by atoms with Crippen molar-refractivity contribution in [1.29, 1.82) is 0 Å². The predicted octanol–water partition coefficient (Wildman–Crippen LogP) is 1.90. The van der Waals surface area contributed by atoms with E-state index in [-0.39, 0.29) is 0 Å². The zero-order valence-corrected chi connectivity index (χ0v) is 12.4. The third-order valence-electron chi connectivity index (χ3n) is 2.96. The molecule has 0 radical (unpaired) electrons. The molecule has 1 rings (SSSR count). The minimum atomic E-state index is 0.427. The molecule has 0 bridgehead atoms. The van der Waals surface area contributed by atoms with Crippen LogP contribution in [0.4, 0.5) is 11.6 Å². The van der Waals surface area contributed by atoms with E-state index in [2.05, 4.69) is 47.4 Å². The Morgan fingerprint density at radius 1 is 1.50 bits per heavy atom. The summed E-state index contributed by atoms with van der Waals surface area (Å²) in [6, 6.07) is 0.427. The van der Waals surface area contributed by atoms with Crippen LogP contribution in [0, 0.1) is 0 Å². The van der Waals surface area contributed by atoms with Crippen LogP contribution in [0.1, 0.15) is 25.8 Å². The SMILES string of the molecule is CCCc1c(NN)ncnc1N(C)C(C)CSC. The van der Waals surface area contributed by atoms with Crippen molar-refractivity contribution in [3.8, 4) is 0 Å². The van der Waals surface area contributed by atoms with E-state index in [0.717, 1.165) is 35.8 Å². The Kier molecular flexibility index (Phi) is 6.21. The van der Waals surface area contributed by atoms with E-state index in [4.69, 9.17) is 5.84 Å². The Balaban J connectivity index is 3.06. The molecule has 1 atom stereocenters. The highest BCUT2D eigenvalue weighted by Crippen LogP contribution is 2.25. The Hall–Kier alpha value is -1.01. The minimum Gasteiger partial charge on any atom is -0.356 e. The first-order valence-corrected chi connectivity index (χ1v) is 7.57. The molecule has 0 amide bonds. The first-order chi connectivity index (χ1) is 8.65. The summed E-state index contributed by atoms with van der Waals surface area (Å²) >= 11 is 1.84. The average Bonchev–Trinajstić information content (AvgIpc) is 2.38. The van der Waals surface area contributed by atoms with Gasteiger partial charge in [0.25, 0.3) is 0 Å². The molecule has 3 N–H and O–H groups in total. The summed E-state index contributed by atoms with van der Waals surface area (Å²) in [7, 11) is 2.07. The Bertz CT molecular complexity index is 371. The van der Waals surface area contributed by atoms with Gasteiger partial charge in [0.2, 0.25) is 0 Å². The molecule has 0 spiro atoms. The second-order valence-electron chi connectivity index (χ2n) is 4.33. The van der Waals surface area contributed by atoms with Crippen molar-refractivity contribution in [2.45, 2.75) is 32.7 Å². The van der Waals surface area contributed by atoms with Crippen LogP contribution in [0.5, 0.6) is 0 Å². The van der Waals surface area contributed by atoms with Gasteiger partial charge in [-0.1, -0.05) is 13.3 Å². The highest BCUT2D eigenvalue weighted by molar-refractivity contribution is 7.98. The first kappa shape index (κ1) is 15.0. The molecule has 1 unspecified atom stereocenters. The number of nitrogen functional groups attached to an aromatic ring is 1. The van der Waals surface area contributed by atoms with Crippen LogP contribution in [0.3, 0.4) is 0 Å². The average molecular weight is 269 g/mol. The first-order valence-electron chi connectivity index (χ1n) is 6.17. The fraction of sp³-hybridized carbons (Fsp3) is 0.667. The van der Waals surface area contributed by atoms with E-state index in [9.17, 15) is 0 Å². The van der Waals surface area contributed by atoms with Crippen LogP contribution < -0.4 is 16.2 Å². The van der Waals surface area contributed by atoms with E-state index in [1.165, 1.54) is 0 Å². The number of nitrogens with two attached hydrogens (primary N) is 1. The number of nitrogens with zero attached hydrogens (tertiary/aromatic N) is 3. The van der Waals surface area contributed by atoms with Gasteiger partial charge in [-0.3, -0.25) is 0 Å². The molecule has 0 saturated heterocycles. The van der Waals surface area contributed by atoms with Crippen molar-refractivity contribution in [2.75, 3.05) is 29.4 Å². The summed E-state index contributed by atoms with van der Waals surface area (Å²) < 4.78 is 0. The Labute approximate surface area is 114 Å². The van der Waals surface area contributed by atoms with Gasteiger partial charge in [-0.25, -0.2) is 15.8 Å². The standard InChI is InChI=1S/C12H23N5S/c1-5-6-10-11(16-13)14-8-15-12(10)17(3)9(2)7-18-4/h8-9H,5-7,13H2,1-4H3,(H,14,15,16). The van der Waals surface area contributed by atoms with Gasteiger partial charge in [0.05, 0.1) is 0 Å². The topological polar surface area (TPSA) is 67.1 Å². The second-order valence-corrected chi connectivity index (χ2v) is 5.24. The van der Waals surface area contributed by atoms with Crippen LogP contribution >= 0.6 is 11.8 Å². The van der Waals surface area contributed by atoms with Crippen molar-refractivity contribution >= 4 is 23.4 Å². The molecule has 1 heterocycles. The maximum Gasteiger partial charge on any atom is 0.148 e. The van der Waals surface area contributed by atoms with Crippen LogP contribution in [0.25, 0.3) is 0 Å². The molecular formula is C12H23N5S. The third-order valence-corrected chi connectivity index (χ3v) is 3.78. The molecule has 6 heteroatoms. The number of anilines is 2. The normalized spacial score (nSPS) is 12.3. The maximum absolute atomic E-state index is 5.52. The monoisotopic (exact) mass is 269 g/mol. The highest BCUT2D eigenvalue weighted by Gasteiger charge is 2.17. The van der Waals surface area contributed by atoms with Gasteiger partial charge in [0.15, 0.2) is 0 Å². The Morgan fingerprint density at radius 2 is 2.22 bits per heavy atom. The molecule has 0 aliphatic rings. The molecule has 1 aromatic rings. The third kappa shape index (κ3) is 3.49. The number of hydrazine groups is 1. The molecular weight excluding hydrogens is 246 g/mol. The summed E-state index contributed by atoms with van der Waals surface area (Å²) in [4.78, 5) is 10.8. The van der Waals surface area contributed by atoms with Crippen molar-refractivity contribution in [3.63, 3.8) is 0 Å². The molecule has 0 fully saturated rings. The Morgan fingerprint density at radius 3 is 2.78 bits per heavy atom. The summed E-state index contributed by atoms with van der Waals surface area (Å²) in [5.41, 5.74) is 3.76. The quantitative estimate of drug-likeness (QED) is 0.582. The van der Waals surface area contributed by atoms with Gasteiger partial charge in [-0.2, -0.15) is 11.8 Å². The smallest absolute Gasteiger partial charge is 0.148 e. The fourth-order valence-corrected chi connectivity index (χ4v) is 2.58. The minimum absolute atomic E-state index is 0.427. The van der Waals surface area contributed by atoms with Crippen molar-refractivity contribution < 1.29 is 0 Å². The zero-order valence-electron chi connectivity index (χ0n) is 11.6. The summed E-state index contributed by atoms with van der Waals surface area (Å²) in [5.74, 6) is 8.29. The van der Waals surface area contributed by atoms with E-state index in [1.807, 2.05) is 11.8 Å². The lowest BCUT2D eigenvalue weighted by Crippen LogP contribution is -2.33. The maximum atomic E-state index is 5.52. The number of hydrogen-bond acceptors (Lipinski definition) is 6. The van der Waals surface area contributed by atoms with Crippen LogP contribution in [0.2, 0.25) is 0 Å². The molecule has 5 nitrogen and oxygen atoms in total. The second kappa shape index (κ2) is 7.43. The highest BCUT2D eigenvalue weighted by atomic mass is 32.2. The lowest BCUT2D eigenvalue weighted by atomic mass is 10.1.